The fraction of sp³-hybridized carbons (Fsp3) is 0.389. The number of halogens is 4. The van der Waals surface area contributed by atoms with Gasteiger partial charge < -0.3 is 15.7 Å². The molecule has 3 aromatic carbocycles. The Balaban J connectivity index is 1.75. The second-order valence-corrected chi connectivity index (χ2v) is 15.5. The molecule has 49 heavy (non-hydrogen) atoms. The number of carbonyl (C=O) groups excluding carboxylic acids is 1. The van der Waals surface area contributed by atoms with Gasteiger partial charge in [0.2, 0.25) is 0 Å². The van der Waals surface area contributed by atoms with Crippen LogP contribution in [0.25, 0.3) is 22.2 Å². The van der Waals surface area contributed by atoms with Crippen LogP contribution >= 0.6 is 11.6 Å². The first kappa shape index (κ1) is 36.7. The number of sulfone groups is 1. The summed E-state index contributed by atoms with van der Waals surface area (Å²) in [7, 11) is -3.90. The molecule has 1 aliphatic rings. The van der Waals surface area contributed by atoms with Crippen molar-refractivity contribution in [3.63, 3.8) is 0 Å². The second kappa shape index (κ2) is 15.1. The van der Waals surface area contributed by atoms with Gasteiger partial charge in [-0.2, -0.15) is 13.2 Å². The normalized spacial score (nSPS) is 15.5. The van der Waals surface area contributed by atoms with Crippen molar-refractivity contribution < 1.29 is 31.5 Å². The van der Waals surface area contributed by atoms with Gasteiger partial charge in [0.1, 0.15) is 0 Å². The minimum Gasteiger partial charge on any atom is -0.395 e. The van der Waals surface area contributed by atoms with Gasteiger partial charge in [-0.05, 0) is 76.5 Å². The third-order valence-electron chi connectivity index (χ3n) is 8.92. The van der Waals surface area contributed by atoms with Crippen molar-refractivity contribution in [2.45, 2.75) is 68.6 Å². The van der Waals surface area contributed by atoms with Crippen LogP contribution < -0.4 is 10.6 Å². The number of fused-ring (bicyclic) bond motifs is 1. The first-order valence-electron chi connectivity index (χ1n) is 16.2. The Labute approximate surface area is 289 Å². The van der Waals surface area contributed by atoms with Crippen molar-refractivity contribution in [2.24, 2.45) is 0 Å². The average molecular weight is 717 g/mol. The van der Waals surface area contributed by atoms with Crippen molar-refractivity contribution in [1.29, 1.82) is 0 Å². The number of hydrogen-bond donors (Lipinski definition) is 3. The maximum Gasteiger partial charge on any atom is 0.416 e. The lowest BCUT2D eigenvalue weighted by atomic mass is 9.93. The number of benzene rings is 3. The van der Waals surface area contributed by atoms with E-state index in [1.807, 2.05) is 37.3 Å². The summed E-state index contributed by atoms with van der Waals surface area (Å²) in [6.45, 7) is 6.75. The summed E-state index contributed by atoms with van der Waals surface area (Å²) < 4.78 is 68.7. The number of hydrogen-bond acceptors (Lipinski definition) is 7. The molecule has 1 atom stereocenters. The maximum absolute atomic E-state index is 14.5. The third kappa shape index (κ3) is 8.26. The zero-order valence-electron chi connectivity index (χ0n) is 27.5. The van der Waals surface area contributed by atoms with Crippen LogP contribution in [0.3, 0.4) is 0 Å². The molecule has 1 aliphatic heterocycles. The van der Waals surface area contributed by atoms with E-state index < -0.39 is 38.8 Å². The molecule has 0 aliphatic carbocycles. The van der Waals surface area contributed by atoms with Gasteiger partial charge in [-0.25, -0.2) is 13.4 Å². The average Bonchev–Trinajstić information content (AvgIpc) is 3.07. The Bertz CT molecular complexity index is 1920. The minimum atomic E-state index is -4.62. The van der Waals surface area contributed by atoms with Gasteiger partial charge in [-0.1, -0.05) is 54.1 Å². The quantitative estimate of drug-likeness (QED) is 0.157. The molecular weight excluding hydrogens is 677 g/mol. The monoisotopic (exact) mass is 716 g/mol. The van der Waals surface area contributed by atoms with Crippen LogP contribution in [0, 0.1) is 0 Å². The molecule has 1 saturated heterocycles. The molecule has 1 unspecified atom stereocenters. The zero-order chi connectivity index (χ0) is 35.5. The number of pyridine rings is 1. The topological polar surface area (TPSA) is 112 Å². The number of carbonyl (C=O) groups is 1. The fourth-order valence-electron chi connectivity index (χ4n) is 6.15. The summed E-state index contributed by atoms with van der Waals surface area (Å²) in [6, 6.07) is 16.6. The number of amides is 1. The fourth-order valence-corrected chi connectivity index (χ4v) is 7.75. The summed E-state index contributed by atoms with van der Waals surface area (Å²) in [4.78, 5) is 21.3. The zero-order valence-corrected chi connectivity index (χ0v) is 29.1. The summed E-state index contributed by atoms with van der Waals surface area (Å²) >= 11 is 6.56. The van der Waals surface area contributed by atoms with Crippen LogP contribution in [-0.4, -0.2) is 66.8 Å². The van der Waals surface area contributed by atoms with Crippen molar-refractivity contribution in [2.75, 3.05) is 26.2 Å². The molecule has 4 aromatic rings. The molecule has 0 bridgehead atoms. The van der Waals surface area contributed by atoms with Crippen LogP contribution in [-0.2, 0) is 22.6 Å². The molecule has 0 radical (unpaired) electrons. The molecule has 3 N–H and O–H groups in total. The van der Waals surface area contributed by atoms with Gasteiger partial charge in [0.25, 0.3) is 5.91 Å². The molecule has 1 fully saturated rings. The van der Waals surface area contributed by atoms with Crippen LogP contribution in [0.2, 0.25) is 5.02 Å². The van der Waals surface area contributed by atoms with E-state index in [-0.39, 0.29) is 56.8 Å². The standard InChI is InChI=1S/C36H40ClF3N4O4S/c1-22(2)49(47,48)32-19-28-31(20-30(32)37)43-34(25-10-7-11-26(18-25)36(38,39)40)29(21-44-15-12-27(13-16-44)41-14-17-45)33(28)35(46)42-23(3)24-8-5-4-6-9-24/h4-11,18-20,22-23,27,41,45H,12-17,21H2,1-3H3,(H,42,46). The second-order valence-electron chi connectivity index (χ2n) is 12.6. The highest BCUT2D eigenvalue weighted by Crippen LogP contribution is 2.38. The van der Waals surface area contributed by atoms with E-state index in [1.165, 1.54) is 38.1 Å². The summed E-state index contributed by atoms with van der Waals surface area (Å²) in [5.41, 5.74) is 0.970. The van der Waals surface area contributed by atoms with E-state index >= 15 is 0 Å². The van der Waals surface area contributed by atoms with Crippen LogP contribution in [0.15, 0.2) is 71.6 Å². The van der Waals surface area contributed by atoms with Gasteiger partial charge in [0.05, 0.1) is 50.2 Å². The number of aliphatic hydroxyl groups excluding tert-OH is 1. The van der Waals surface area contributed by atoms with Crippen LogP contribution in [0.4, 0.5) is 13.2 Å². The number of alkyl halides is 3. The van der Waals surface area contributed by atoms with Gasteiger partial charge in [-0.15, -0.1) is 0 Å². The molecule has 8 nitrogen and oxygen atoms in total. The predicted octanol–water partition coefficient (Wildman–Crippen LogP) is 6.79. The summed E-state index contributed by atoms with van der Waals surface area (Å²) in [6.07, 6.45) is -3.12. The molecule has 13 heteroatoms. The predicted molar refractivity (Wildman–Crippen MR) is 185 cm³/mol. The molecule has 1 aromatic heterocycles. The molecule has 5 rings (SSSR count). The summed E-state index contributed by atoms with van der Waals surface area (Å²) in [5.74, 6) is -0.526. The van der Waals surface area contributed by atoms with Crippen molar-refractivity contribution in [3.05, 3.63) is 94.0 Å². The SMILES string of the molecule is CC(NC(=O)c1c(CN2CCC(NCCO)CC2)c(-c2cccc(C(F)(F)F)c2)nc2cc(Cl)c(S(=O)(=O)C(C)C)cc12)c1ccccc1. The van der Waals surface area contributed by atoms with Gasteiger partial charge in [0.15, 0.2) is 9.84 Å². The Morgan fingerprint density at radius 3 is 2.37 bits per heavy atom. The van der Waals surface area contributed by atoms with Crippen LogP contribution in [0.5, 0.6) is 0 Å². The Morgan fingerprint density at radius 1 is 1.04 bits per heavy atom. The number of nitrogens with zero attached hydrogens (tertiary/aromatic N) is 2. The highest BCUT2D eigenvalue weighted by atomic mass is 35.5. The van der Waals surface area contributed by atoms with Crippen molar-refractivity contribution in [3.8, 4) is 11.3 Å². The van der Waals surface area contributed by atoms with E-state index in [4.69, 9.17) is 16.6 Å². The van der Waals surface area contributed by atoms with E-state index in [0.29, 0.717) is 25.2 Å². The number of rotatable bonds is 11. The Hall–Kier alpha value is -3.55. The van der Waals surface area contributed by atoms with E-state index in [1.54, 1.807) is 0 Å². The number of likely N-dealkylation sites (tertiary alicyclic amines) is 1. The lowest BCUT2D eigenvalue weighted by molar-refractivity contribution is -0.137. The first-order valence-corrected chi connectivity index (χ1v) is 18.1. The molecular formula is C36H40ClF3N4O4S. The lowest BCUT2D eigenvalue weighted by Crippen LogP contribution is -2.43. The number of aromatic nitrogens is 1. The Kier molecular flexibility index (Phi) is 11.3. The molecule has 0 spiro atoms. The lowest BCUT2D eigenvalue weighted by Gasteiger charge is -2.33. The summed E-state index contributed by atoms with van der Waals surface area (Å²) in [5, 5.41) is 14.9. The van der Waals surface area contributed by atoms with Gasteiger partial charge in [0, 0.05) is 35.6 Å². The molecule has 0 saturated carbocycles. The molecule has 262 valence electrons. The molecule has 1 amide bonds. The van der Waals surface area contributed by atoms with Crippen molar-refractivity contribution in [1.82, 2.24) is 20.5 Å². The van der Waals surface area contributed by atoms with E-state index in [0.717, 1.165) is 30.5 Å². The van der Waals surface area contributed by atoms with E-state index in [2.05, 4.69) is 15.5 Å². The van der Waals surface area contributed by atoms with Gasteiger partial charge >= 0.3 is 6.18 Å². The Morgan fingerprint density at radius 2 is 1.73 bits per heavy atom. The van der Waals surface area contributed by atoms with E-state index in [9.17, 15) is 31.5 Å². The number of nitrogens with one attached hydrogen (secondary N) is 2. The first-order chi connectivity index (χ1) is 23.2. The minimum absolute atomic E-state index is 0.0156. The third-order valence-corrected chi connectivity index (χ3v) is 11.5. The van der Waals surface area contributed by atoms with Crippen LogP contribution in [0.1, 0.15) is 66.7 Å². The maximum atomic E-state index is 14.5. The largest absolute Gasteiger partial charge is 0.416 e. The highest BCUT2D eigenvalue weighted by Gasteiger charge is 2.33. The smallest absolute Gasteiger partial charge is 0.395 e. The number of piperidine rings is 1. The van der Waals surface area contributed by atoms with Crippen molar-refractivity contribution >= 4 is 38.2 Å². The molecule has 2 heterocycles. The van der Waals surface area contributed by atoms with Gasteiger partial charge in [-0.3, -0.25) is 9.69 Å². The number of aliphatic hydroxyl groups is 1. The highest BCUT2D eigenvalue weighted by molar-refractivity contribution is 7.92.